The van der Waals surface area contributed by atoms with Gasteiger partial charge in [0.1, 0.15) is 5.75 Å². The van der Waals surface area contributed by atoms with Gasteiger partial charge < -0.3 is 15.2 Å². The Morgan fingerprint density at radius 3 is 2.54 bits per heavy atom. The minimum Gasteiger partial charge on any atom is -0.497 e. The molecular formula is C19H23NO3S. The number of hydrogen-bond donors (Lipinski definition) is 2. The molecule has 1 aliphatic carbocycles. The fourth-order valence-corrected chi connectivity index (χ4v) is 4.04. The van der Waals surface area contributed by atoms with Crippen LogP contribution in [-0.4, -0.2) is 24.2 Å². The molecule has 0 unspecified atom stereocenters. The van der Waals surface area contributed by atoms with Gasteiger partial charge in [-0.2, -0.15) is 0 Å². The van der Waals surface area contributed by atoms with Crippen molar-refractivity contribution in [2.24, 2.45) is 5.92 Å². The van der Waals surface area contributed by atoms with Crippen LogP contribution in [0.1, 0.15) is 30.6 Å². The van der Waals surface area contributed by atoms with E-state index in [1.165, 1.54) is 16.0 Å². The van der Waals surface area contributed by atoms with E-state index in [0.717, 1.165) is 38.0 Å². The fourth-order valence-electron chi connectivity index (χ4n) is 3.20. The van der Waals surface area contributed by atoms with Crippen molar-refractivity contribution in [2.75, 3.05) is 7.11 Å². The molecule has 0 saturated heterocycles. The molecule has 0 aliphatic heterocycles. The summed E-state index contributed by atoms with van der Waals surface area (Å²) in [5, 5.41) is 14.8. The predicted molar refractivity (Wildman–Crippen MR) is 96.5 cm³/mol. The second kappa shape index (κ2) is 7.81. The van der Waals surface area contributed by atoms with Crippen LogP contribution in [0.15, 0.2) is 35.7 Å². The highest BCUT2D eigenvalue weighted by molar-refractivity contribution is 7.10. The molecule has 1 aromatic carbocycles. The first-order valence-corrected chi connectivity index (χ1v) is 9.21. The highest BCUT2D eigenvalue weighted by Crippen LogP contribution is 2.28. The zero-order chi connectivity index (χ0) is 16.9. The highest BCUT2D eigenvalue weighted by atomic mass is 32.1. The Hall–Kier alpha value is -1.85. The topological polar surface area (TPSA) is 58.6 Å². The molecule has 1 saturated carbocycles. The Kier molecular flexibility index (Phi) is 5.53. The van der Waals surface area contributed by atoms with Gasteiger partial charge in [0.2, 0.25) is 0 Å². The monoisotopic (exact) mass is 345 g/mol. The summed E-state index contributed by atoms with van der Waals surface area (Å²) in [6.45, 7) is 0.850. The number of thiophene rings is 1. The normalized spacial score (nSPS) is 20.7. The zero-order valence-corrected chi connectivity index (χ0v) is 14.6. The molecule has 1 heterocycles. The van der Waals surface area contributed by atoms with Crippen molar-refractivity contribution in [3.05, 3.63) is 40.6 Å². The van der Waals surface area contributed by atoms with Gasteiger partial charge in [-0.25, -0.2) is 0 Å². The highest BCUT2D eigenvalue weighted by Gasteiger charge is 2.25. The van der Waals surface area contributed by atoms with Gasteiger partial charge in [-0.05, 0) is 60.4 Å². The van der Waals surface area contributed by atoms with Crippen LogP contribution in [0.4, 0.5) is 0 Å². The SMILES string of the molecule is COc1ccc(-c2csc(CNC3CCC(C(=O)O)CC3)c2)cc1. The molecule has 1 fully saturated rings. The van der Waals surface area contributed by atoms with Crippen molar-refractivity contribution in [2.45, 2.75) is 38.3 Å². The van der Waals surface area contributed by atoms with Crippen molar-refractivity contribution in [3.8, 4) is 16.9 Å². The largest absolute Gasteiger partial charge is 0.497 e. The second-order valence-electron chi connectivity index (χ2n) is 6.30. The summed E-state index contributed by atoms with van der Waals surface area (Å²) < 4.78 is 5.19. The summed E-state index contributed by atoms with van der Waals surface area (Å²) in [6, 6.07) is 10.8. The van der Waals surface area contributed by atoms with Gasteiger partial charge in [-0.15, -0.1) is 11.3 Å². The molecule has 3 rings (SSSR count). The number of carbonyl (C=O) groups is 1. The third-order valence-electron chi connectivity index (χ3n) is 4.72. The maximum Gasteiger partial charge on any atom is 0.306 e. The molecule has 0 spiro atoms. The van der Waals surface area contributed by atoms with Crippen LogP contribution in [-0.2, 0) is 11.3 Å². The van der Waals surface area contributed by atoms with Crippen molar-refractivity contribution in [1.82, 2.24) is 5.32 Å². The third-order valence-corrected chi connectivity index (χ3v) is 5.66. The Morgan fingerprint density at radius 2 is 1.92 bits per heavy atom. The summed E-state index contributed by atoms with van der Waals surface area (Å²) >= 11 is 1.76. The molecule has 128 valence electrons. The molecule has 4 nitrogen and oxygen atoms in total. The average molecular weight is 345 g/mol. The van der Waals surface area contributed by atoms with Crippen LogP contribution in [0.5, 0.6) is 5.75 Å². The summed E-state index contributed by atoms with van der Waals surface area (Å²) in [7, 11) is 1.67. The predicted octanol–water partition coefficient (Wildman–Crippen LogP) is 4.16. The molecule has 2 aromatic rings. The number of hydrogen-bond acceptors (Lipinski definition) is 4. The first kappa shape index (κ1) is 17.0. The van der Waals surface area contributed by atoms with Crippen LogP contribution in [0.2, 0.25) is 0 Å². The molecule has 1 aromatic heterocycles. The second-order valence-corrected chi connectivity index (χ2v) is 7.29. The minimum absolute atomic E-state index is 0.147. The summed E-state index contributed by atoms with van der Waals surface area (Å²) in [4.78, 5) is 12.3. The van der Waals surface area contributed by atoms with Gasteiger partial charge in [-0.3, -0.25) is 4.79 Å². The van der Waals surface area contributed by atoms with E-state index < -0.39 is 5.97 Å². The molecule has 0 radical (unpaired) electrons. The van der Waals surface area contributed by atoms with E-state index in [4.69, 9.17) is 9.84 Å². The van der Waals surface area contributed by atoms with Crippen LogP contribution in [0.25, 0.3) is 11.1 Å². The number of benzene rings is 1. The molecule has 1 aliphatic rings. The average Bonchev–Trinajstić information content (AvgIpc) is 3.09. The van der Waals surface area contributed by atoms with Gasteiger partial charge in [0.05, 0.1) is 13.0 Å². The van der Waals surface area contributed by atoms with E-state index in [9.17, 15) is 4.79 Å². The first-order valence-electron chi connectivity index (χ1n) is 8.33. The number of carboxylic acid groups (broad SMARTS) is 1. The van der Waals surface area contributed by atoms with E-state index in [-0.39, 0.29) is 5.92 Å². The van der Waals surface area contributed by atoms with Crippen LogP contribution < -0.4 is 10.1 Å². The number of ether oxygens (including phenoxy) is 1. The number of methoxy groups -OCH3 is 1. The number of rotatable bonds is 6. The lowest BCUT2D eigenvalue weighted by Gasteiger charge is -2.26. The number of nitrogens with one attached hydrogen (secondary N) is 1. The lowest BCUT2D eigenvalue weighted by atomic mass is 9.86. The summed E-state index contributed by atoms with van der Waals surface area (Å²) in [5.41, 5.74) is 2.43. The zero-order valence-electron chi connectivity index (χ0n) is 13.8. The molecular weight excluding hydrogens is 322 g/mol. The van der Waals surface area contributed by atoms with Crippen LogP contribution >= 0.6 is 11.3 Å². The molecule has 0 bridgehead atoms. The quantitative estimate of drug-likeness (QED) is 0.825. The lowest BCUT2D eigenvalue weighted by Crippen LogP contribution is -2.34. The molecule has 2 N–H and O–H groups in total. The van der Waals surface area contributed by atoms with Crippen molar-refractivity contribution in [3.63, 3.8) is 0 Å². The molecule has 0 amide bonds. The molecule has 0 atom stereocenters. The summed E-state index contributed by atoms with van der Waals surface area (Å²) in [5.74, 6) is 0.0788. The Balaban J connectivity index is 1.52. The fraction of sp³-hybridized carbons (Fsp3) is 0.421. The van der Waals surface area contributed by atoms with Gasteiger partial charge in [0.15, 0.2) is 0 Å². The first-order chi connectivity index (χ1) is 11.7. The molecule has 5 heteroatoms. The lowest BCUT2D eigenvalue weighted by molar-refractivity contribution is -0.142. The van der Waals surface area contributed by atoms with E-state index in [0.29, 0.717) is 6.04 Å². The van der Waals surface area contributed by atoms with Crippen molar-refractivity contribution in [1.29, 1.82) is 0 Å². The van der Waals surface area contributed by atoms with E-state index in [2.05, 4.69) is 28.9 Å². The van der Waals surface area contributed by atoms with Gasteiger partial charge in [-0.1, -0.05) is 12.1 Å². The van der Waals surface area contributed by atoms with Gasteiger partial charge in [0.25, 0.3) is 0 Å². The van der Waals surface area contributed by atoms with Gasteiger partial charge in [0, 0.05) is 17.5 Å². The Bertz CT molecular complexity index is 672. The minimum atomic E-state index is -0.643. The van der Waals surface area contributed by atoms with Crippen molar-refractivity contribution >= 4 is 17.3 Å². The number of carboxylic acids is 1. The smallest absolute Gasteiger partial charge is 0.306 e. The Labute approximate surface area is 146 Å². The number of aliphatic carboxylic acids is 1. The van der Waals surface area contributed by atoms with Crippen LogP contribution in [0.3, 0.4) is 0 Å². The third kappa shape index (κ3) is 4.16. The standard InChI is InChI=1S/C19H23NO3S/c1-23-17-8-4-13(5-9-17)15-10-18(24-12-15)11-20-16-6-2-14(3-7-16)19(21)22/h4-5,8-10,12,14,16,20H,2-3,6-7,11H2,1H3,(H,21,22). The maximum absolute atomic E-state index is 11.0. The maximum atomic E-state index is 11.0. The summed E-state index contributed by atoms with van der Waals surface area (Å²) in [6.07, 6.45) is 3.48. The van der Waals surface area contributed by atoms with Gasteiger partial charge >= 0.3 is 5.97 Å². The van der Waals surface area contributed by atoms with E-state index in [1.54, 1.807) is 18.4 Å². The Morgan fingerprint density at radius 1 is 1.21 bits per heavy atom. The molecule has 24 heavy (non-hydrogen) atoms. The van der Waals surface area contributed by atoms with Crippen molar-refractivity contribution < 1.29 is 14.6 Å². The van der Waals surface area contributed by atoms with Crippen LogP contribution in [0, 0.1) is 5.92 Å². The van der Waals surface area contributed by atoms with E-state index >= 15 is 0 Å². The van der Waals surface area contributed by atoms with E-state index in [1.807, 2.05) is 12.1 Å².